The van der Waals surface area contributed by atoms with Gasteiger partial charge in [-0.15, -0.1) is 0 Å². The number of anilines is 1. The Bertz CT molecular complexity index is 1090. The average Bonchev–Trinajstić information content (AvgIpc) is 3.29. The second-order valence-corrected chi connectivity index (χ2v) is 8.83. The molecular formula is C17H24N8O2S. The van der Waals surface area contributed by atoms with E-state index in [-0.39, 0.29) is 16.9 Å². The summed E-state index contributed by atoms with van der Waals surface area (Å²) in [6.45, 7) is 5.24. The van der Waals surface area contributed by atoms with Crippen LogP contribution in [0.2, 0.25) is 0 Å². The molecule has 11 heteroatoms. The molecule has 0 saturated carbocycles. The Kier molecular flexibility index (Phi) is 4.79. The first-order chi connectivity index (χ1) is 13.4. The molecule has 0 aliphatic carbocycles. The molecule has 150 valence electrons. The summed E-state index contributed by atoms with van der Waals surface area (Å²) in [6.07, 6.45) is 6.07. The molecule has 3 aromatic heterocycles. The van der Waals surface area contributed by atoms with Crippen molar-refractivity contribution in [2.75, 3.05) is 18.0 Å². The zero-order valence-corrected chi connectivity index (χ0v) is 16.9. The molecule has 1 aliphatic heterocycles. The highest BCUT2D eigenvalue weighted by molar-refractivity contribution is 7.89. The van der Waals surface area contributed by atoms with E-state index in [1.807, 2.05) is 0 Å². The molecule has 28 heavy (non-hydrogen) atoms. The number of fused-ring (bicyclic) bond motifs is 1. The van der Waals surface area contributed by atoms with Gasteiger partial charge in [-0.25, -0.2) is 28.1 Å². The molecule has 0 unspecified atom stereocenters. The van der Waals surface area contributed by atoms with Crippen LogP contribution in [0, 0.1) is 12.8 Å². The van der Waals surface area contributed by atoms with Gasteiger partial charge in [-0.3, -0.25) is 4.68 Å². The van der Waals surface area contributed by atoms with Crippen LogP contribution in [0.25, 0.3) is 11.2 Å². The predicted octanol–water partition coefficient (Wildman–Crippen LogP) is 0.978. The van der Waals surface area contributed by atoms with Gasteiger partial charge < -0.3 is 9.88 Å². The molecule has 2 N–H and O–H groups in total. The number of rotatable bonds is 5. The van der Waals surface area contributed by atoms with Crippen LogP contribution in [0.15, 0.2) is 23.7 Å². The Morgan fingerprint density at radius 3 is 2.86 bits per heavy atom. The largest absolute Gasteiger partial charge is 0.354 e. The second-order valence-electron chi connectivity index (χ2n) is 7.15. The number of nitrogens with one attached hydrogen (secondary N) is 2. The van der Waals surface area contributed by atoms with E-state index in [4.69, 9.17) is 0 Å². The van der Waals surface area contributed by atoms with E-state index >= 15 is 0 Å². The summed E-state index contributed by atoms with van der Waals surface area (Å²) in [4.78, 5) is 18.3. The third-order valence-corrected chi connectivity index (χ3v) is 7.14. The molecule has 4 rings (SSSR count). The van der Waals surface area contributed by atoms with Gasteiger partial charge >= 0.3 is 0 Å². The van der Waals surface area contributed by atoms with Crippen molar-refractivity contribution in [1.82, 2.24) is 34.4 Å². The van der Waals surface area contributed by atoms with Gasteiger partial charge in [0.15, 0.2) is 11.5 Å². The quantitative estimate of drug-likeness (QED) is 0.650. The van der Waals surface area contributed by atoms with Crippen molar-refractivity contribution >= 4 is 27.0 Å². The van der Waals surface area contributed by atoms with Crippen LogP contribution >= 0.6 is 0 Å². The monoisotopic (exact) mass is 404 g/mol. The Hall–Kier alpha value is -2.53. The zero-order chi connectivity index (χ0) is 19.9. The fraction of sp³-hybridized carbons (Fsp3) is 0.529. The number of aromatic amines is 1. The van der Waals surface area contributed by atoms with Crippen LogP contribution in [0.1, 0.15) is 25.5 Å². The van der Waals surface area contributed by atoms with Crippen molar-refractivity contribution in [1.29, 1.82) is 0 Å². The fourth-order valence-corrected chi connectivity index (χ4v) is 5.33. The summed E-state index contributed by atoms with van der Waals surface area (Å²) in [5, 5.41) is 4.06. The van der Waals surface area contributed by atoms with Gasteiger partial charge in [-0.2, -0.15) is 5.10 Å². The highest BCUT2D eigenvalue weighted by atomic mass is 32.2. The van der Waals surface area contributed by atoms with Crippen molar-refractivity contribution in [3.8, 4) is 0 Å². The topological polar surface area (TPSA) is 122 Å². The second kappa shape index (κ2) is 7.13. The molecule has 4 heterocycles. The average molecular weight is 405 g/mol. The first-order valence-corrected chi connectivity index (χ1v) is 10.8. The smallest absolute Gasteiger partial charge is 0.244 e. The Labute approximate surface area is 163 Å². The highest BCUT2D eigenvalue weighted by Gasteiger charge is 2.33. The third-order valence-electron chi connectivity index (χ3n) is 5.55. The lowest BCUT2D eigenvalue weighted by Crippen LogP contribution is -2.51. The van der Waals surface area contributed by atoms with E-state index in [0.29, 0.717) is 30.9 Å². The van der Waals surface area contributed by atoms with Gasteiger partial charge in [-0.05, 0) is 19.3 Å². The number of aromatic nitrogens is 6. The first-order valence-electron chi connectivity index (χ1n) is 9.30. The van der Waals surface area contributed by atoms with E-state index in [0.717, 1.165) is 17.8 Å². The minimum atomic E-state index is -3.61. The maximum atomic E-state index is 12.9. The van der Waals surface area contributed by atoms with E-state index in [1.165, 1.54) is 12.5 Å². The molecule has 2 atom stereocenters. The highest BCUT2D eigenvalue weighted by Crippen LogP contribution is 2.28. The van der Waals surface area contributed by atoms with Crippen molar-refractivity contribution < 1.29 is 8.42 Å². The van der Waals surface area contributed by atoms with Crippen molar-refractivity contribution in [2.24, 2.45) is 13.0 Å². The third kappa shape index (κ3) is 3.24. The van der Waals surface area contributed by atoms with Crippen molar-refractivity contribution in [3.63, 3.8) is 0 Å². The van der Waals surface area contributed by atoms with Crippen molar-refractivity contribution in [2.45, 2.75) is 37.6 Å². The molecule has 0 radical (unpaired) electrons. The SMILES string of the molecule is CC[C@@H]1CN(c2ncnc3nc[nH]c23)CC[C@@H]1NS(=O)(=O)c1cnn(C)c1C. The normalized spacial score (nSPS) is 20.8. The summed E-state index contributed by atoms with van der Waals surface area (Å²) in [5.41, 5.74) is 2.07. The van der Waals surface area contributed by atoms with Gasteiger partial charge in [0.2, 0.25) is 10.0 Å². The number of hydrogen-bond acceptors (Lipinski definition) is 7. The number of imidazole rings is 1. The number of H-pyrrole nitrogens is 1. The summed E-state index contributed by atoms with van der Waals surface area (Å²) < 4.78 is 30.2. The zero-order valence-electron chi connectivity index (χ0n) is 16.1. The van der Waals surface area contributed by atoms with E-state index in [1.54, 1.807) is 25.0 Å². The fourth-order valence-electron chi connectivity index (χ4n) is 3.79. The van der Waals surface area contributed by atoms with Crippen LogP contribution in [0.5, 0.6) is 0 Å². The van der Waals surface area contributed by atoms with E-state index in [2.05, 4.69) is 41.6 Å². The molecule has 1 aliphatic rings. The minimum absolute atomic E-state index is 0.134. The van der Waals surface area contributed by atoms with E-state index in [9.17, 15) is 8.42 Å². The van der Waals surface area contributed by atoms with Gasteiger partial charge in [0.1, 0.15) is 16.7 Å². The number of piperidine rings is 1. The lowest BCUT2D eigenvalue weighted by Gasteiger charge is -2.39. The Morgan fingerprint density at radius 1 is 1.32 bits per heavy atom. The van der Waals surface area contributed by atoms with Crippen LogP contribution in [-0.4, -0.2) is 57.3 Å². The maximum absolute atomic E-state index is 12.9. The molecule has 10 nitrogen and oxygen atoms in total. The first kappa shape index (κ1) is 18.8. The van der Waals surface area contributed by atoms with Crippen molar-refractivity contribution in [3.05, 3.63) is 24.5 Å². The number of hydrogen-bond donors (Lipinski definition) is 2. The van der Waals surface area contributed by atoms with Crippen LogP contribution in [0.4, 0.5) is 5.82 Å². The summed E-state index contributed by atoms with van der Waals surface area (Å²) in [7, 11) is -1.88. The molecule has 3 aromatic rings. The van der Waals surface area contributed by atoms with Gasteiger partial charge in [0, 0.05) is 26.2 Å². The molecular weight excluding hydrogens is 380 g/mol. The number of sulfonamides is 1. The van der Waals surface area contributed by atoms with E-state index < -0.39 is 10.0 Å². The lowest BCUT2D eigenvalue weighted by atomic mass is 9.90. The summed E-state index contributed by atoms with van der Waals surface area (Å²) in [5.74, 6) is 0.971. The molecule has 0 spiro atoms. The van der Waals surface area contributed by atoms with Crippen LogP contribution in [-0.2, 0) is 17.1 Å². The minimum Gasteiger partial charge on any atom is -0.354 e. The maximum Gasteiger partial charge on any atom is 0.244 e. The summed E-state index contributed by atoms with van der Waals surface area (Å²) in [6, 6.07) is -0.134. The molecule has 1 fully saturated rings. The molecule has 1 saturated heterocycles. The number of nitrogens with zero attached hydrogens (tertiary/aromatic N) is 6. The molecule has 0 amide bonds. The summed E-state index contributed by atoms with van der Waals surface area (Å²) >= 11 is 0. The van der Waals surface area contributed by atoms with Gasteiger partial charge in [0.05, 0.1) is 18.2 Å². The molecule has 0 bridgehead atoms. The predicted molar refractivity (Wildman–Crippen MR) is 104 cm³/mol. The molecule has 0 aromatic carbocycles. The Morgan fingerprint density at radius 2 is 2.14 bits per heavy atom. The number of aryl methyl sites for hydroxylation is 1. The van der Waals surface area contributed by atoms with Crippen LogP contribution in [0.3, 0.4) is 0 Å². The van der Waals surface area contributed by atoms with Crippen LogP contribution < -0.4 is 9.62 Å². The Balaban J connectivity index is 1.54. The standard InChI is InChI=1S/C17H24N8O2S/c1-4-12-8-25(17-15-16(19-9-18-15)20-10-21-17)6-5-13(12)23-28(26,27)14-7-22-24(3)11(14)2/h7,9-10,12-13,23H,4-6,8H2,1-3H3,(H,18,19,20,21)/t12-,13+/m1/s1. The van der Waals surface area contributed by atoms with Gasteiger partial charge in [-0.1, -0.05) is 13.3 Å². The lowest BCUT2D eigenvalue weighted by molar-refractivity contribution is 0.325. The van der Waals surface area contributed by atoms with Gasteiger partial charge in [0.25, 0.3) is 0 Å².